The molecule has 1 atom stereocenters. The number of amides is 2. The molecular weight excluding hydrogens is 529 g/mol. The minimum Gasteiger partial charge on any atom is -0.454 e. The summed E-state index contributed by atoms with van der Waals surface area (Å²) in [6, 6.07) is 8.78. The van der Waals surface area contributed by atoms with Crippen LogP contribution < -0.4 is 19.1 Å². The summed E-state index contributed by atoms with van der Waals surface area (Å²) in [5.74, 6) is -0.231. The van der Waals surface area contributed by atoms with Gasteiger partial charge in [0.2, 0.25) is 28.6 Å². The van der Waals surface area contributed by atoms with Gasteiger partial charge in [0.15, 0.2) is 11.5 Å². The van der Waals surface area contributed by atoms with Crippen LogP contribution in [0.5, 0.6) is 11.5 Å². The van der Waals surface area contributed by atoms with Gasteiger partial charge in [-0.25, -0.2) is 8.42 Å². The standard InChI is InChI=1S/C24H29Cl2N3O6S/c1-4-20(24(31)27-5-2)28(13-16-7-9-18(25)19(26)11-16)23(30)14-29(36(32,33)6-3)17-8-10-21-22(12-17)35-15-34-21/h7-12,20H,4-6,13-15H2,1-3H3,(H,27,31)/t20-/m1/s1. The van der Waals surface area contributed by atoms with Gasteiger partial charge in [0.05, 0.1) is 21.5 Å². The summed E-state index contributed by atoms with van der Waals surface area (Å²) in [4.78, 5) is 27.9. The SMILES string of the molecule is CCNC(=O)[C@@H](CC)N(Cc1ccc(Cl)c(Cl)c1)C(=O)CN(c1ccc2c(c1)OCO2)S(=O)(=O)CC. The lowest BCUT2D eigenvalue weighted by Crippen LogP contribution is -2.52. The zero-order valence-electron chi connectivity index (χ0n) is 20.3. The van der Waals surface area contributed by atoms with Crippen LogP contribution in [0.25, 0.3) is 0 Å². The van der Waals surface area contributed by atoms with Crippen LogP contribution >= 0.6 is 23.2 Å². The van der Waals surface area contributed by atoms with Gasteiger partial charge in [-0.3, -0.25) is 13.9 Å². The molecule has 12 heteroatoms. The summed E-state index contributed by atoms with van der Waals surface area (Å²) >= 11 is 12.2. The summed E-state index contributed by atoms with van der Waals surface area (Å²) in [5, 5.41) is 3.42. The van der Waals surface area contributed by atoms with Crippen LogP contribution in [-0.2, 0) is 26.2 Å². The highest BCUT2D eigenvalue weighted by Crippen LogP contribution is 2.36. The van der Waals surface area contributed by atoms with Crippen molar-refractivity contribution < 1.29 is 27.5 Å². The largest absolute Gasteiger partial charge is 0.454 e. The molecule has 0 unspecified atom stereocenters. The zero-order valence-corrected chi connectivity index (χ0v) is 22.6. The number of halogens is 2. The number of fused-ring (bicyclic) bond motifs is 1. The van der Waals surface area contributed by atoms with Crippen molar-refractivity contribution in [2.24, 2.45) is 0 Å². The third-order valence-corrected chi connectivity index (χ3v) is 8.18. The molecule has 0 aliphatic carbocycles. The number of nitrogens with one attached hydrogen (secondary N) is 1. The Morgan fingerprint density at radius 2 is 1.75 bits per heavy atom. The second-order valence-corrected chi connectivity index (χ2v) is 11.0. The van der Waals surface area contributed by atoms with E-state index in [-0.39, 0.29) is 30.7 Å². The van der Waals surface area contributed by atoms with Crippen LogP contribution in [0.15, 0.2) is 36.4 Å². The van der Waals surface area contributed by atoms with Crippen molar-refractivity contribution in [1.82, 2.24) is 10.2 Å². The van der Waals surface area contributed by atoms with Crippen LogP contribution in [0.2, 0.25) is 10.0 Å². The Labute approximate surface area is 221 Å². The van der Waals surface area contributed by atoms with Gasteiger partial charge in [-0.05, 0) is 50.1 Å². The van der Waals surface area contributed by atoms with Crippen molar-refractivity contribution >= 4 is 50.7 Å². The summed E-state index contributed by atoms with van der Waals surface area (Å²) < 4.78 is 37.8. The highest BCUT2D eigenvalue weighted by molar-refractivity contribution is 7.92. The normalized spacial score (nSPS) is 13.2. The van der Waals surface area contributed by atoms with Gasteiger partial charge >= 0.3 is 0 Å². The number of likely N-dealkylation sites (N-methyl/N-ethyl adjacent to an activating group) is 1. The molecule has 2 aromatic carbocycles. The summed E-state index contributed by atoms with van der Waals surface area (Å²) in [6.07, 6.45) is 0.323. The maximum Gasteiger partial charge on any atom is 0.244 e. The number of rotatable bonds is 11. The Kier molecular flexibility index (Phi) is 9.32. The molecule has 196 valence electrons. The van der Waals surface area contributed by atoms with E-state index in [9.17, 15) is 18.0 Å². The molecule has 3 rings (SSSR count). The van der Waals surface area contributed by atoms with Crippen molar-refractivity contribution in [1.29, 1.82) is 0 Å². The van der Waals surface area contributed by atoms with Gasteiger partial charge in [-0.15, -0.1) is 0 Å². The predicted molar refractivity (Wildman–Crippen MR) is 139 cm³/mol. The maximum absolute atomic E-state index is 13.7. The number of nitrogens with zero attached hydrogens (tertiary/aromatic N) is 2. The molecular formula is C24H29Cl2N3O6S. The van der Waals surface area contributed by atoms with Gasteiger partial charge in [-0.1, -0.05) is 36.2 Å². The Hall–Kier alpha value is -2.69. The summed E-state index contributed by atoms with van der Waals surface area (Å²) in [6.45, 7) is 5.01. The minimum atomic E-state index is -3.86. The van der Waals surface area contributed by atoms with E-state index < -0.39 is 28.5 Å². The molecule has 0 radical (unpaired) electrons. The second kappa shape index (κ2) is 12.0. The smallest absolute Gasteiger partial charge is 0.244 e. The fourth-order valence-corrected chi connectivity index (χ4v) is 5.18. The van der Waals surface area contributed by atoms with Crippen LogP contribution in [0.3, 0.4) is 0 Å². The van der Waals surface area contributed by atoms with Crippen LogP contribution in [0.4, 0.5) is 5.69 Å². The molecule has 2 aromatic rings. The van der Waals surface area contributed by atoms with E-state index in [2.05, 4.69) is 5.32 Å². The van der Waals surface area contributed by atoms with Crippen molar-refractivity contribution in [3.8, 4) is 11.5 Å². The Morgan fingerprint density at radius 1 is 1.03 bits per heavy atom. The first-order chi connectivity index (χ1) is 17.1. The molecule has 0 fully saturated rings. The second-order valence-electron chi connectivity index (χ2n) is 8.03. The fraction of sp³-hybridized carbons (Fsp3) is 0.417. The van der Waals surface area contributed by atoms with E-state index in [1.54, 1.807) is 44.2 Å². The first-order valence-electron chi connectivity index (χ1n) is 11.5. The van der Waals surface area contributed by atoms with Gasteiger partial charge in [0, 0.05) is 19.2 Å². The van der Waals surface area contributed by atoms with E-state index in [1.807, 2.05) is 0 Å². The van der Waals surface area contributed by atoms with Gasteiger partial charge < -0.3 is 19.7 Å². The molecule has 0 saturated heterocycles. The first-order valence-corrected chi connectivity index (χ1v) is 13.9. The zero-order chi connectivity index (χ0) is 26.5. The number of hydrogen-bond donors (Lipinski definition) is 1. The lowest BCUT2D eigenvalue weighted by molar-refractivity contribution is -0.140. The van der Waals surface area contributed by atoms with E-state index in [0.29, 0.717) is 40.1 Å². The maximum atomic E-state index is 13.7. The molecule has 1 N–H and O–H groups in total. The van der Waals surface area contributed by atoms with Crippen molar-refractivity contribution in [2.75, 3.05) is 29.9 Å². The minimum absolute atomic E-state index is 0.0282. The average Bonchev–Trinajstić information content (AvgIpc) is 3.32. The number of benzene rings is 2. The first kappa shape index (κ1) is 27.9. The Bertz CT molecular complexity index is 1220. The van der Waals surface area contributed by atoms with Crippen molar-refractivity contribution in [3.63, 3.8) is 0 Å². The monoisotopic (exact) mass is 557 g/mol. The highest BCUT2D eigenvalue weighted by Gasteiger charge is 2.33. The third kappa shape index (κ3) is 6.35. The molecule has 1 aliphatic rings. The Balaban J connectivity index is 1.98. The number of anilines is 1. The van der Waals surface area contributed by atoms with Gasteiger partial charge in [0.25, 0.3) is 0 Å². The van der Waals surface area contributed by atoms with E-state index in [0.717, 1.165) is 4.31 Å². The third-order valence-electron chi connectivity index (χ3n) is 5.70. The van der Waals surface area contributed by atoms with Gasteiger partial charge in [-0.2, -0.15) is 0 Å². The number of hydrogen-bond acceptors (Lipinski definition) is 6. The number of carbonyl (C=O) groups excluding carboxylic acids is 2. The molecule has 0 saturated carbocycles. The van der Waals surface area contributed by atoms with Gasteiger partial charge in [0.1, 0.15) is 12.6 Å². The lowest BCUT2D eigenvalue weighted by Gasteiger charge is -2.33. The average molecular weight is 558 g/mol. The summed E-state index contributed by atoms with van der Waals surface area (Å²) in [7, 11) is -3.86. The van der Waals surface area contributed by atoms with Crippen molar-refractivity contribution in [3.05, 3.63) is 52.0 Å². The quantitative estimate of drug-likeness (QED) is 0.450. The molecule has 1 aliphatic heterocycles. The molecule has 36 heavy (non-hydrogen) atoms. The van der Waals surface area contributed by atoms with E-state index >= 15 is 0 Å². The number of carbonyl (C=O) groups is 2. The molecule has 0 bridgehead atoms. The summed E-state index contributed by atoms with van der Waals surface area (Å²) in [5.41, 5.74) is 0.906. The topological polar surface area (TPSA) is 105 Å². The molecule has 0 aromatic heterocycles. The highest BCUT2D eigenvalue weighted by atomic mass is 35.5. The number of sulfonamides is 1. The molecule has 9 nitrogen and oxygen atoms in total. The molecule has 2 amide bonds. The molecule has 0 spiro atoms. The van der Waals surface area contributed by atoms with Crippen LogP contribution in [0, 0.1) is 0 Å². The Morgan fingerprint density at radius 3 is 2.39 bits per heavy atom. The predicted octanol–water partition coefficient (Wildman–Crippen LogP) is 3.82. The van der Waals surface area contributed by atoms with E-state index in [1.165, 1.54) is 17.9 Å². The number of ether oxygens (including phenoxy) is 2. The lowest BCUT2D eigenvalue weighted by atomic mass is 10.1. The van der Waals surface area contributed by atoms with Crippen molar-refractivity contribution in [2.45, 2.75) is 39.8 Å². The van der Waals surface area contributed by atoms with E-state index in [4.69, 9.17) is 32.7 Å². The molecule has 1 heterocycles. The van der Waals surface area contributed by atoms with Crippen LogP contribution in [0.1, 0.15) is 32.8 Å². The fourth-order valence-electron chi connectivity index (χ4n) is 3.81. The van der Waals surface area contributed by atoms with Crippen LogP contribution in [-0.4, -0.2) is 56.8 Å².